The van der Waals surface area contributed by atoms with Crippen LogP contribution >= 0.6 is 0 Å². The molecule has 0 amide bonds. The standard InChI is InChI=1S/C17H15N7O2/c1-25-13-8-11(5-6-12(13)14-9-19-10-26-14)21-17-22-16(18)24(23-17)15-4-2-3-7-20-15/h2-10H,1H3,(H3,18,21,22,23). The topological polar surface area (TPSA) is 117 Å². The van der Waals surface area contributed by atoms with Gasteiger partial charge < -0.3 is 20.2 Å². The van der Waals surface area contributed by atoms with E-state index < -0.39 is 0 Å². The average Bonchev–Trinajstić information content (AvgIpc) is 3.32. The lowest BCUT2D eigenvalue weighted by Gasteiger charge is -2.09. The van der Waals surface area contributed by atoms with Crippen molar-refractivity contribution in [2.45, 2.75) is 0 Å². The van der Waals surface area contributed by atoms with Crippen LogP contribution in [0.3, 0.4) is 0 Å². The van der Waals surface area contributed by atoms with Gasteiger partial charge in [0.1, 0.15) is 5.75 Å². The van der Waals surface area contributed by atoms with Crippen LogP contribution in [-0.2, 0) is 0 Å². The molecule has 4 rings (SSSR count). The first-order valence-electron chi connectivity index (χ1n) is 7.72. The van der Waals surface area contributed by atoms with Crippen LogP contribution in [0.4, 0.5) is 17.6 Å². The second-order valence-electron chi connectivity index (χ2n) is 5.30. The quantitative estimate of drug-likeness (QED) is 0.565. The third-order valence-corrected chi connectivity index (χ3v) is 3.65. The number of nitrogens with two attached hydrogens (primary N) is 1. The highest BCUT2D eigenvalue weighted by atomic mass is 16.5. The predicted molar refractivity (Wildman–Crippen MR) is 95.3 cm³/mol. The van der Waals surface area contributed by atoms with Crippen molar-refractivity contribution in [1.82, 2.24) is 24.7 Å². The number of oxazole rings is 1. The summed E-state index contributed by atoms with van der Waals surface area (Å²) in [5.74, 6) is 2.42. The lowest BCUT2D eigenvalue weighted by atomic mass is 10.1. The van der Waals surface area contributed by atoms with Gasteiger partial charge >= 0.3 is 0 Å². The largest absolute Gasteiger partial charge is 0.496 e. The molecule has 9 heteroatoms. The van der Waals surface area contributed by atoms with Crippen molar-refractivity contribution in [3.8, 4) is 22.9 Å². The molecule has 0 aliphatic carbocycles. The minimum atomic E-state index is 0.233. The van der Waals surface area contributed by atoms with Crippen LogP contribution in [0.5, 0.6) is 5.75 Å². The summed E-state index contributed by atoms with van der Waals surface area (Å²) in [7, 11) is 1.59. The number of nitrogen functional groups attached to an aromatic ring is 1. The smallest absolute Gasteiger partial charge is 0.248 e. The number of ether oxygens (including phenoxy) is 1. The Labute approximate surface area is 148 Å². The molecule has 0 aliphatic heterocycles. The summed E-state index contributed by atoms with van der Waals surface area (Å²) < 4.78 is 12.2. The zero-order chi connectivity index (χ0) is 17.9. The number of anilines is 3. The third kappa shape index (κ3) is 2.93. The van der Waals surface area contributed by atoms with Gasteiger partial charge in [-0.15, -0.1) is 5.10 Å². The number of benzene rings is 1. The minimum absolute atomic E-state index is 0.233. The number of nitrogens with zero attached hydrogens (tertiary/aromatic N) is 5. The molecule has 0 aliphatic rings. The summed E-state index contributed by atoms with van der Waals surface area (Å²) >= 11 is 0. The second-order valence-corrected chi connectivity index (χ2v) is 5.30. The van der Waals surface area contributed by atoms with Gasteiger partial charge in [0.2, 0.25) is 11.9 Å². The molecule has 1 aromatic carbocycles. The molecule has 0 atom stereocenters. The Balaban J connectivity index is 1.62. The number of nitrogens with one attached hydrogen (secondary N) is 1. The van der Waals surface area contributed by atoms with Crippen molar-refractivity contribution in [1.29, 1.82) is 0 Å². The zero-order valence-corrected chi connectivity index (χ0v) is 13.8. The van der Waals surface area contributed by atoms with Crippen molar-refractivity contribution in [3.05, 3.63) is 55.2 Å². The molecule has 26 heavy (non-hydrogen) atoms. The van der Waals surface area contributed by atoms with E-state index in [1.807, 2.05) is 30.3 Å². The fraction of sp³-hybridized carbons (Fsp3) is 0.0588. The van der Waals surface area contributed by atoms with Crippen molar-refractivity contribution in [2.24, 2.45) is 0 Å². The Bertz CT molecular complexity index is 1010. The van der Waals surface area contributed by atoms with Gasteiger partial charge in [-0.1, -0.05) is 6.07 Å². The average molecular weight is 349 g/mol. The molecule has 0 fully saturated rings. The summed E-state index contributed by atoms with van der Waals surface area (Å²) in [5.41, 5.74) is 7.47. The summed E-state index contributed by atoms with van der Waals surface area (Å²) in [6.45, 7) is 0. The molecule has 9 nitrogen and oxygen atoms in total. The maximum Gasteiger partial charge on any atom is 0.248 e. The van der Waals surface area contributed by atoms with E-state index in [1.54, 1.807) is 25.6 Å². The predicted octanol–water partition coefficient (Wildman–Crippen LogP) is 2.65. The monoisotopic (exact) mass is 349 g/mol. The highest BCUT2D eigenvalue weighted by molar-refractivity contribution is 5.70. The zero-order valence-electron chi connectivity index (χ0n) is 13.8. The highest BCUT2D eigenvalue weighted by Crippen LogP contribution is 2.33. The van der Waals surface area contributed by atoms with Crippen LogP contribution in [0.1, 0.15) is 0 Å². The second kappa shape index (κ2) is 6.55. The molecule has 3 heterocycles. The molecule has 3 aromatic heterocycles. The number of methoxy groups -OCH3 is 1. The van der Waals surface area contributed by atoms with Crippen LogP contribution < -0.4 is 15.8 Å². The van der Waals surface area contributed by atoms with E-state index in [0.717, 1.165) is 11.3 Å². The summed E-state index contributed by atoms with van der Waals surface area (Å²) in [4.78, 5) is 12.4. The Kier molecular flexibility index (Phi) is 3.94. The SMILES string of the molecule is COc1cc(Nc2nc(N)n(-c3ccccn3)n2)ccc1-c1cnco1. The number of rotatable bonds is 5. The van der Waals surface area contributed by atoms with Gasteiger partial charge in [0.25, 0.3) is 0 Å². The number of aromatic nitrogens is 5. The van der Waals surface area contributed by atoms with E-state index in [0.29, 0.717) is 23.3 Å². The first kappa shape index (κ1) is 15.6. The van der Waals surface area contributed by atoms with Crippen LogP contribution in [0, 0.1) is 0 Å². The molecule has 0 bridgehead atoms. The number of hydrogen-bond donors (Lipinski definition) is 2. The third-order valence-electron chi connectivity index (χ3n) is 3.65. The van der Waals surface area contributed by atoms with E-state index in [-0.39, 0.29) is 5.95 Å². The maximum atomic E-state index is 5.94. The molecule has 0 spiro atoms. The molecule has 0 saturated carbocycles. The molecular weight excluding hydrogens is 334 g/mol. The summed E-state index contributed by atoms with van der Waals surface area (Å²) in [6.07, 6.45) is 4.66. The molecule has 130 valence electrons. The minimum Gasteiger partial charge on any atom is -0.496 e. The Hall–Kier alpha value is -3.88. The molecule has 3 N–H and O–H groups in total. The van der Waals surface area contributed by atoms with Crippen LogP contribution in [0.2, 0.25) is 0 Å². The van der Waals surface area contributed by atoms with Crippen molar-refractivity contribution >= 4 is 17.6 Å². The summed E-state index contributed by atoms with van der Waals surface area (Å²) in [5, 5.41) is 7.45. The normalized spacial score (nSPS) is 10.7. The lowest BCUT2D eigenvalue weighted by Crippen LogP contribution is -2.04. The van der Waals surface area contributed by atoms with Crippen LogP contribution in [0.25, 0.3) is 17.1 Å². The van der Waals surface area contributed by atoms with Gasteiger partial charge in [-0.05, 0) is 24.3 Å². The van der Waals surface area contributed by atoms with Crippen molar-refractivity contribution in [3.63, 3.8) is 0 Å². The van der Waals surface area contributed by atoms with E-state index in [9.17, 15) is 0 Å². The first-order chi connectivity index (χ1) is 12.7. The van der Waals surface area contributed by atoms with Gasteiger partial charge in [-0.25, -0.2) is 9.97 Å². The van der Waals surface area contributed by atoms with Crippen molar-refractivity contribution in [2.75, 3.05) is 18.2 Å². The molecule has 0 radical (unpaired) electrons. The molecule has 4 aromatic rings. The van der Waals surface area contributed by atoms with Crippen LogP contribution in [-0.4, -0.2) is 31.8 Å². The number of hydrogen-bond acceptors (Lipinski definition) is 8. The van der Waals surface area contributed by atoms with Gasteiger partial charge in [-0.2, -0.15) is 9.67 Å². The van der Waals surface area contributed by atoms with Crippen molar-refractivity contribution < 1.29 is 9.15 Å². The highest BCUT2D eigenvalue weighted by Gasteiger charge is 2.13. The van der Waals surface area contributed by atoms with Gasteiger partial charge in [0.15, 0.2) is 18.0 Å². The van der Waals surface area contributed by atoms with E-state index in [1.165, 1.54) is 11.1 Å². The molecule has 0 unspecified atom stereocenters. The fourth-order valence-electron chi connectivity index (χ4n) is 2.48. The van der Waals surface area contributed by atoms with Gasteiger partial charge in [-0.3, -0.25) is 0 Å². The summed E-state index contributed by atoms with van der Waals surface area (Å²) in [6, 6.07) is 11.0. The van der Waals surface area contributed by atoms with Gasteiger partial charge in [0, 0.05) is 18.0 Å². The van der Waals surface area contributed by atoms with Crippen LogP contribution in [0.15, 0.2) is 59.6 Å². The lowest BCUT2D eigenvalue weighted by molar-refractivity contribution is 0.415. The van der Waals surface area contributed by atoms with E-state index in [4.69, 9.17) is 14.9 Å². The Morgan fingerprint density at radius 1 is 1.23 bits per heavy atom. The van der Waals surface area contributed by atoms with E-state index in [2.05, 4.69) is 25.4 Å². The van der Waals surface area contributed by atoms with Gasteiger partial charge in [0.05, 0.1) is 18.9 Å². The maximum absolute atomic E-state index is 5.94. The Morgan fingerprint density at radius 2 is 2.15 bits per heavy atom. The molecular formula is C17H15N7O2. The fourth-order valence-corrected chi connectivity index (χ4v) is 2.48. The Morgan fingerprint density at radius 3 is 2.88 bits per heavy atom. The number of pyridine rings is 1. The van der Waals surface area contributed by atoms with E-state index >= 15 is 0 Å². The first-order valence-corrected chi connectivity index (χ1v) is 7.72. The molecule has 0 saturated heterocycles.